The monoisotopic (exact) mass is 483 g/mol. The van der Waals surface area contributed by atoms with Crippen molar-refractivity contribution in [2.75, 3.05) is 24.7 Å². The van der Waals surface area contributed by atoms with Crippen molar-refractivity contribution in [3.8, 4) is 5.75 Å². The van der Waals surface area contributed by atoms with Crippen molar-refractivity contribution >= 4 is 28.9 Å². The Hall–Kier alpha value is -4.13. The molecule has 2 atom stereocenters. The number of hydrogen-bond acceptors (Lipinski definition) is 5. The standard InChI is InChI=1S/C29H29N3O4/c1-3-35-22-14-10-13-21(19-22)26-25(28(34)36-4-2)27(33)31(18-17-20-11-6-5-7-12-20)29-30-23-15-8-9-16-24(23)32(26)29/h5-16,19,25-26H,3-4,17-18H2,1-2H3/t25-,26+/m0/s1. The molecule has 0 fully saturated rings. The van der Waals surface area contributed by atoms with Gasteiger partial charge in [-0.05, 0) is 55.7 Å². The Morgan fingerprint density at radius 3 is 2.50 bits per heavy atom. The zero-order valence-electron chi connectivity index (χ0n) is 20.5. The molecule has 1 amide bonds. The van der Waals surface area contributed by atoms with Crippen LogP contribution in [0.15, 0.2) is 78.9 Å². The molecule has 7 heteroatoms. The molecular weight excluding hydrogens is 454 g/mol. The van der Waals surface area contributed by atoms with Crippen LogP contribution in [0, 0.1) is 5.92 Å². The first-order chi connectivity index (χ1) is 17.6. The molecule has 5 rings (SSSR count). The SMILES string of the molecule is CCOC(=O)[C@@H]1C(=O)N(CCc2ccccc2)c2nc3ccccc3n2[C@@H]1c1cccc(OCC)c1. The van der Waals surface area contributed by atoms with Crippen molar-refractivity contribution < 1.29 is 19.1 Å². The first kappa shape index (κ1) is 23.6. The molecule has 0 saturated heterocycles. The average molecular weight is 484 g/mol. The van der Waals surface area contributed by atoms with E-state index in [1.807, 2.05) is 90.4 Å². The van der Waals surface area contributed by atoms with Crippen LogP contribution in [0.1, 0.15) is 31.0 Å². The van der Waals surface area contributed by atoms with Crippen molar-refractivity contribution in [2.24, 2.45) is 5.92 Å². The number of nitrogens with zero attached hydrogens (tertiary/aromatic N) is 3. The van der Waals surface area contributed by atoms with Crippen molar-refractivity contribution in [1.29, 1.82) is 0 Å². The third kappa shape index (κ3) is 4.33. The van der Waals surface area contributed by atoms with Crippen LogP contribution in [0.3, 0.4) is 0 Å². The van der Waals surface area contributed by atoms with Crippen LogP contribution in [0.5, 0.6) is 5.75 Å². The van der Waals surface area contributed by atoms with Gasteiger partial charge in [-0.15, -0.1) is 0 Å². The van der Waals surface area contributed by atoms with Gasteiger partial charge in [-0.2, -0.15) is 0 Å². The fourth-order valence-electron chi connectivity index (χ4n) is 4.90. The number of aromatic nitrogens is 2. The van der Waals surface area contributed by atoms with Crippen LogP contribution in [0.2, 0.25) is 0 Å². The summed E-state index contributed by atoms with van der Waals surface area (Å²) in [5.74, 6) is -0.684. The van der Waals surface area contributed by atoms with Gasteiger partial charge < -0.3 is 14.0 Å². The van der Waals surface area contributed by atoms with E-state index in [2.05, 4.69) is 0 Å². The van der Waals surface area contributed by atoms with Gasteiger partial charge in [0.1, 0.15) is 5.75 Å². The number of benzene rings is 3. The van der Waals surface area contributed by atoms with Crippen LogP contribution >= 0.6 is 0 Å². The topological polar surface area (TPSA) is 73.7 Å². The number of ether oxygens (including phenoxy) is 2. The number of anilines is 1. The Bertz CT molecular complexity index is 1380. The number of carbonyl (C=O) groups is 2. The highest BCUT2D eigenvalue weighted by Crippen LogP contribution is 2.42. The number of fused-ring (bicyclic) bond motifs is 3. The molecule has 0 spiro atoms. The second kappa shape index (κ2) is 10.2. The first-order valence-electron chi connectivity index (χ1n) is 12.3. The molecule has 7 nitrogen and oxygen atoms in total. The van der Waals surface area contributed by atoms with E-state index in [4.69, 9.17) is 14.5 Å². The third-order valence-electron chi connectivity index (χ3n) is 6.46. The maximum atomic E-state index is 14.0. The number of carbonyl (C=O) groups excluding carboxylic acids is 2. The molecule has 0 unspecified atom stereocenters. The van der Waals surface area contributed by atoms with E-state index in [1.54, 1.807) is 11.8 Å². The number of amides is 1. The lowest BCUT2D eigenvalue weighted by Gasteiger charge is -2.38. The summed E-state index contributed by atoms with van der Waals surface area (Å²) in [6.45, 7) is 4.77. The van der Waals surface area contributed by atoms with E-state index in [-0.39, 0.29) is 12.5 Å². The maximum absolute atomic E-state index is 14.0. The summed E-state index contributed by atoms with van der Waals surface area (Å²) in [5.41, 5.74) is 3.51. The smallest absolute Gasteiger partial charge is 0.321 e. The molecule has 184 valence electrons. The summed E-state index contributed by atoms with van der Waals surface area (Å²) >= 11 is 0. The first-order valence-corrected chi connectivity index (χ1v) is 12.3. The summed E-state index contributed by atoms with van der Waals surface area (Å²) in [5, 5.41) is 0. The predicted octanol–water partition coefficient (Wildman–Crippen LogP) is 4.79. The van der Waals surface area contributed by atoms with E-state index in [0.717, 1.165) is 22.2 Å². The minimum atomic E-state index is -1.05. The van der Waals surface area contributed by atoms with Crippen molar-refractivity contribution in [3.05, 3.63) is 90.0 Å². The minimum absolute atomic E-state index is 0.190. The number of rotatable bonds is 8. The largest absolute Gasteiger partial charge is 0.494 e. The molecule has 0 N–H and O–H groups in total. The number of para-hydroxylation sites is 2. The third-order valence-corrected chi connectivity index (χ3v) is 6.46. The molecular formula is C29H29N3O4. The molecule has 2 heterocycles. The van der Waals surface area contributed by atoms with Gasteiger partial charge in [0.15, 0.2) is 5.92 Å². The highest BCUT2D eigenvalue weighted by atomic mass is 16.5. The fraction of sp³-hybridized carbons (Fsp3) is 0.276. The lowest BCUT2D eigenvalue weighted by Crippen LogP contribution is -2.50. The highest BCUT2D eigenvalue weighted by Gasteiger charge is 2.47. The summed E-state index contributed by atoms with van der Waals surface area (Å²) in [6.07, 6.45) is 0.635. The van der Waals surface area contributed by atoms with E-state index >= 15 is 0 Å². The Balaban J connectivity index is 1.67. The quantitative estimate of drug-likeness (QED) is 0.266. The zero-order valence-corrected chi connectivity index (χ0v) is 20.5. The predicted molar refractivity (Wildman–Crippen MR) is 138 cm³/mol. The van der Waals surface area contributed by atoms with Gasteiger partial charge in [0.25, 0.3) is 0 Å². The highest BCUT2D eigenvalue weighted by molar-refractivity contribution is 6.08. The molecule has 4 aromatic rings. The van der Waals surface area contributed by atoms with Gasteiger partial charge in [0, 0.05) is 6.54 Å². The minimum Gasteiger partial charge on any atom is -0.494 e. The molecule has 0 radical (unpaired) electrons. The van der Waals surface area contributed by atoms with Crippen molar-refractivity contribution in [1.82, 2.24) is 9.55 Å². The van der Waals surface area contributed by atoms with Crippen LogP contribution in [-0.4, -0.2) is 41.2 Å². The summed E-state index contributed by atoms with van der Waals surface area (Å²) in [6, 6.07) is 24.7. The van der Waals surface area contributed by atoms with Crippen LogP contribution in [-0.2, 0) is 20.7 Å². The molecule has 3 aromatic carbocycles. The Morgan fingerprint density at radius 2 is 1.72 bits per heavy atom. The summed E-state index contributed by atoms with van der Waals surface area (Å²) < 4.78 is 13.2. The molecule has 0 bridgehead atoms. The maximum Gasteiger partial charge on any atom is 0.321 e. The van der Waals surface area contributed by atoms with Gasteiger partial charge in [0.2, 0.25) is 11.9 Å². The van der Waals surface area contributed by atoms with Crippen LogP contribution in [0.25, 0.3) is 11.0 Å². The van der Waals surface area contributed by atoms with Gasteiger partial charge >= 0.3 is 5.97 Å². The number of imidazole rings is 1. The van der Waals surface area contributed by atoms with E-state index in [9.17, 15) is 9.59 Å². The number of esters is 1. The molecule has 1 aliphatic heterocycles. The average Bonchev–Trinajstić information content (AvgIpc) is 3.28. The Labute approximate surface area is 210 Å². The second-order valence-corrected chi connectivity index (χ2v) is 8.68. The molecule has 1 aromatic heterocycles. The van der Waals surface area contributed by atoms with Crippen LogP contribution < -0.4 is 9.64 Å². The van der Waals surface area contributed by atoms with Gasteiger partial charge in [-0.25, -0.2) is 4.98 Å². The van der Waals surface area contributed by atoms with Crippen LogP contribution in [0.4, 0.5) is 5.95 Å². The van der Waals surface area contributed by atoms with Gasteiger partial charge in [0.05, 0.1) is 30.3 Å². The van der Waals surface area contributed by atoms with E-state index < -0.39 is 17.9 Å². The fourth-order valence-corrected chi connectivity index (χ4v) is 4.90. The lowest BCUT2D eigenvalue weighted by molar-refractivity contribution is -0.153. The molecule has 1 aliphatic rings. The van der Waals surface area contributed by atoms with Crippen molar-refractivity contribution in [2.45, 2.75) is 26.3 Å². The molecule has 36 heavy (non-hydrogen) atoms. The normalized spacial score (nSPS) is 17.2. The van der Waals surface area contributed by atoms with Gasteiger partial charge in [-0.1, -0.05) is 54.6 Å². The Kier molecular flexibility index (Phi) is 6.71. The van der Waals surface area contributed by atoms with Crippen molar-refractivity contribution in [3.63, 3.8) is 0 Å². The molecule has 0 aliphatic carbocycles. The molecule has 0 saturated carbocycles. The summed E-state index contributed by atoms with van der Waals surface area (Å²) in [7, 11) is 0. The Morgan fingerprint density at radius 1 is 0.944 bits per heavy atom. The zero-order chi connectivity index (χ0) is 25.1. The number of hydrogen-bond donors (Lipinski definition) is 0. The van der Waals surface area contributed by atoms with E-state index in [0.29, 0.717) is 31.3 Å². The second-order valence-electron chi connectivity index (χ2n) is 8.68. The van der Waals surface area contributed by atoms with Gasteiger partial charge in [-0.3, -0.25) is 14.5 Å². The summed E-state index contributed by atoms with van der Waals surface area (Å²) in [4.78, 5) is 33.9. The van der Waals surface area contributed by atoms with E-state index in [1.165, 1.54) is 0 Å². The lowest BCUT2D eigenvalue weighted by atomic mass is 9.89.